The fraction of sp³-hybridized carbons (Fsp3) is 0.375. The van der Waals surface area contributed by atoms with E-state index in [1.807, 2.05) is 49.6 Å². The Kier molecular flexibility index (Phi) is 5.47. The zero-order valence-electron chi connectivity index (χ0n) is 12.4. The number of benzene rings is 1. The lowest BCUT2D eigenvalue weighted by atomic mass is 10.1. The molecule has 4 nitrogen and oxygen atoms in total. The van der Waals surface area contributed by atoms with Crippen LogP contribution in [0.15, 0.2) is 35.7 Å². The van der Waals surface area contributed by atoms with E-state index >= 15 is 0 Å². The van der Waals surface area contributed by atoms with Gasteiger partial charge in [0.05, 0.1) is 12.1 Å². The van der Waals surface area contributed by atoms with Gasteiger partial charge in [0.1, 0.15) is 5.01 Å². The highest BCUT2D eigenvalue weighted by Crippen LogP contribution is 2.17. The first-order chi connectivity index (χ1) is 10.1. The number of nitrogens with two attached hydrogens (primary N) is 1. The summed E-state index contributed by atoms with van der Waals surface area (Å²) in [6, 6.07) is 9.47. The Morgan fingerprint density at radius 3 is 2.71 bits per heavy atom. The fourth-order valence-corrected chi connectivity index (χ4v) is 2.85. The highest BCUT2D eigenvalue weighted by Gasteiger charge is 2.18. The third-order valence-electron chi connectivity index (χ3n) is 3.29. The van der Waals surface area contributed by atoms with Crippen LogP contribution in [0.5, 0.6) is 0 Å². The molecule has 0 bridgehead atoms. The van der Waals surface area contributed by atoms with Crippen LogP contribution in [0.1, 0.15) is 35.7 Å². The van der Waals surface area contributed by atoms with Gasteiger partial charge in [0.25, 0.3) is 0 Å². The molecule has 1 aromatic heterocycles. The van der Waals surface area contributed by atoms with Crippen LogP contribution in [-0.2, 0) is 11.2 Å². The van der Waals surface area contributed by atoms with Gasteiger partial charge in [0, 0.05) is 11.1 Å². The first-order valence-electron chi connectivity index (χ1n) is 7.08. The van der Waals surface area contributed by atoms with Gasteiger partial charge in [-0.2, -0.15) is 0 Å². The average molecular weight is 303 g/mol. The van der Waals surface area contributed by atoms with Gasteiger partial charge in [-0.1, -0.05) is 30.3 Å². The van der Waals surface area contributed by atoms with Gasteiger partial charge >= 0.3 is 0 Å². The van der Waals surface area contributed by atoms with Gasteiger partial charge in [0.2, 0.25) is 5.91 Å². The van der Waals surface area contributed by atoms with Crippen molar-refractivity contribution >= 4 is 17.2 Å². The minimum Gasteiger partial charge on any atom is -0.346 e. The van der Waals surface area contributed by atoms with E-state index in [9.17, 15) is 4.79 Å². The van der Waals surface area contributed by atoms with Crippen LogP contribution in [0, 0.1) is 6.92 Å². The first-order valence-corrected chi connectivity index (χ1v) is 7.96. The third-order valence-corrected chi connectivity index (χ3v) is 4.43. The molecule has 0 aliphatic carbocycles. The number of rotatable bonds is 6. The molecule has 0 saturated carbocycles. The molecule has 1 aromatic carbocycles. The summed E-state index contributed by atoms with van der Waals surface area (Å²) in [6.45, 7) is 3.88. The first kappa shape index (κ1) is 15.7. The summed E-state index contributed by atoms with van der Waals surface area (Å²) in [5.74, 6) is -0.119. The maximum atomic E-state index is 12.1. The van der Waals surface area contributed by atoms with Gasteiger partial charge in [-0.15, -0.1) is 11.3 Å². The molecular weight excluding hydrogens is 282 g/mol. The summed E-state index contributed by atoms with van der Waals surface area (Å²) in [6.07, 6.45) is 1.44. The molecule has 2 aromatic rings. The quantitative estimate of drug-likeness (QED) is 0.862. The van der Waals surface area contributed by atoms with Crippen molar-refractivity contribution in [1.29, 1.82) is 0 Å². The van der Waals surface area contributed by atoms with Crippen molar-refractivity contribution in [3.05, 3.63) is 52.0 Å². The molecule has 2 rings (SSSR count). The number of aryl methyl sites for hydroxylation is 2. The van der Waals surface area contributed by atoms with Crippen LogP contribution >= 0.6 is 11.3 Å². The summed E-state index contributed by atoms with van der Waals surface area (Å²) in [4.78, 5) is 16.5. The normalized spacial score (nSPS) is 13.7. The van der Waals surface area contributed by atoms with Gasteiger partial charge in [-0.05, 0) is 32.3 Å². The van der Waals surface area contributed by atoms with E-state index in [1.165, 1.54) is 5.56 Å². The lowest BCUT2D eigenvalue weighted by Gasteiger charge is -2.16. The minimum absolute atomic E-state index is 0.0982. The van der Waals surface area contributed by atoms with E-state index in [4.69, 9.17) is 5.73 Å². The maximum Gasteiger partial charge on any atom is 0.237 e. The molecular formula is C16H21N3OS. The Bertz CT molecular complexity index is 582. The van der Waals surface area contributed by atoms with Crippen molar-refractivity contribution in [3.8, 4) is 0 Å². The average Bonchev–Trinajstić information content (AvgIpc) is 2.92. The Balaban J connectivity index is 1.82. The number of aromatic nitrogens is 1. The van der Waals surface area contributed by atoms with Crippen LogP contribution in [0.3, 0.4) is 0 Å². The largest absolute Gasteiger partial charge is 0.346 e. The van der Waals surface area contributed by atoms with E-state index in [0.29, 0.717) is 6.42 Å². The molecule has 0 radical (unpaired) electrons. The van der Waals surface area contributed by atoms with Crippen LogP contribution in [0.25, 0.3) is 0 Å². The minimum atomic E-state index is -0.492. The van der Waals surface area contributed by atoms with Crippen LogP contribution in [0.4, 0.5) is 0 Å². The molecule has 0 aliphatic heterocycles. The zero-order valence-corrected chi connectivity index (χ0v) is 13.2. The second-order valence-corrected chi connectivity index (χ2v) is 6.08. The summed E-state index contributed by atoms with van der Waals surface area (Å²) >= 11 is 1.55. The summed E-state index contributed by atoms with van der Waals surface area (Å²) < 4.78 is 0. The number of nitrogens with one attached hydrogen (secondary N) is 1. The standard InChI is InChI=1S/C16H21N3OS/c1-11-10-21-16(18-11)12(2)19-15(20)14(17)9-8-13-6-4-3-5-7-13/h3-7,10,12,14H,8-9,17H2,1-2H3,(H,19,20). The van der Waals surface area contributed by atoms with Crippen molar-refractivity contribution < 1.29 is 4.79 Å². The predicted octanol–water partition coefficient (Wildman–Crippen LogP) is 2.59. The second kappa shape index (κ2) is 7.33. The molecule has 1 heterocycles. The molecule has 1 amide bonds. The van der Waals surface area contributed by atoms with Crippen molar-refractivity contribution in [2.45, 2.75) is 38.8 Å². The Morgan fingerprint density at radius 2 is 2.10 bits per heavy atom. The van der Waals surface area contributed by atoms with Gasteiger partial charge in [-0.3, -0.25) is 4.79 Å². The van der Waals surface area contributed by atoms with Crippen molar-refractivity contribution in [2.75, 3.05) is 0 Å². The van der Waals surface area contributed by atoms with Crippen LogP contribution in [-0.4, -0.2) is 16.9 Å². The van der Waals surface area contributed by atoms with Gasteiger partial charge < -0.3 is 11.1 Å². The van der Waals surface area contributed by atoms with E-state index in [0.717, 1.165) is 17.1 Å². The number of carbonyl (C=O) groups is 1. The molecule has 3 N–H and O–H groups in total. The molecule has 0 spiro atoms. The lowest BCUT2D eigenvalue weighted by Crippen LogP contribution is -2.41. The second-order valence-electron chi connectivity index (χ2n) is 5.19. The predicted molar refractivity (Wildman–Crippen MR) is 86.1 cm³/mol. The van der Waals surface area contributed by atoms with E-state index in [2.05, 4.69) is 10.3 Å². The number of thiazole rings is 1. The van der Waals surface area contributed by atoms with E-state index in [1.54, 1.807) is 11.3 Å². The summed E-state index contributed by atoms with van der Waals surface area (Å²) in [5.41, 5.74) is 8.14. The molecule has 0 saturated heterocycles. The summed E-state index contributed by atoms with van der Waals surface area (Å²) in [7, 11) is 0. The SMILES string of the molecule is Cc1csc(C(C)NC(=O)C(N)CCc2ccccc2)n1. The number of nitrogens with zero attached hydrogens (tertiary/aromatic N) is 1. The Morgan fingerprint density at radius 1 is 1.38 bits per heavy atom. The van der Waals surface area contributed by atoms with Gasteiger partial charge in [0.15, 0.2) is 0 Å². The number of hydrogen-bond acceptors (Lipinski definition) is 4. The fourth-order valence-electron chi connectivity index (χ4n) is 2.05. The molecule has 0 aliphatic rings. The number of hydrogen-bond donors (Lipinski definition) is 2. The van der Waals surface area contributed by atoms with Crippen LogP contribution in [0.2, 0.25) is 0 Å². The number of carbonyl (C=O) groups excluding carboxylic acids is 1. The van der Waals surface area contributed by atoms with Crippen molar-refractivity contribution in [3.63, 3.8) is 0 Å². The third kappa shape index (κ3) is 4.65. The molecule has 0 fully saturated rings. The maximum absolute atomic E-state index is 12.1. The van der Waals surface area contributed by atoms with Crippen LogP contribution < -0.4 is 11.1 Å². The molecule has 21 heavy (non-hydrogen) atoms. The molecule has 5 heteroatoms. The number of amides is 1. The smallest absolute Gasteiger partial charge is 0.237 e. The van der Waals surface area contributed by atoms with Crippen molar-refractivity contribution in [2.24, 2.45) is 5.73 Å². The monoisotopic (exact) mass is 303 g/mol. The summed E-state index contributed by atoms with van der Waals surface area (Å²) in [5, 5.41) is 5.82. The Hall–Kier alpha value is -1.72. The lowest BCUT2D eigenvalue weighted by molar-refractivity contribution is -0.123. The zero-order chi connectivity index (χ0) is 15.2. The Labute approximate surface area is 129 Å². The molecule has 112 valence electrons. The van der Waals surface area contributed by atoms with Gasteiger partial charge in [-0.25, -0.2) is 4.98 Å². The molecule has 2 atom stereocenters. The topological polar surface area (TPSA) is 68.0 Å². The molecule has 2 unspecified atom stereocenters. The van der Waals surface area contributed by atoms with E-state index < -0.39 is 6.04 Å². The highest BCUT2D eigenvalue weighted by molar-refractivity contribution is 7.09. The highest BCUT2D eigenvalue weighted by atomic mass is 32.1. The van der Waals surface area contributed by atoms with E-state index in [-0.39, 0.29) is 11.9 Å². The van der Waals surface area contributed by atoms with Crippen molar-refractivity contribution in [1.82, 2.24) is 10.3 Å².